The van der Waals surface area contributed by atoms with E-state index < -0.39 is 0 Å². The van der Waals surface area contributed by atoms with Gasteiger partial charge in [-0.1, -0.05) is 0 Å². The van der Waals surface area contributed by atoms with Crippen molar-refractivity contribution >= 4 is 5.91 Å². The quantitative estimate of drug-likeness (QED) is 0.819. The van der Waals surface area contributed by atoms with Gasteiger partial charge in [-0.05, 0) is 33.3 Å². The van der Waals surface area contributed by atoms with Gasteiger partial charge in [0.05, 0.1) is 13.2 Å². The minimum Gasteiger partial charge on any atom is -0.379 e. The topological polar surface area (TPSA) is 67.4 Å². The number of carbonyl (C=O) groups is 1. The molecule has 2 heterocycles. The Morgan fingerprint density at radius 2 is 1.96 bits per heavy atom. The molecular formula is C17H28N4O2. The number of ether oxygens (including phenoxy) is 1. The number of aryl methyl sites for hydroxylation is 2. The first-order valence-corrected chi connectivity index (χ1v) is 8.44. The molecule has 128 valence electrons. The molecule has 1 fully saturated rings. The monoisotopic (exact) mass is 320 g/mol. The lowest BCUT2D eigenvalue weighted by Gasteiger charge is -2.32. The second-order valence-corrected chi connectivity index (χ2v) is 6.20. The molecule has 0 saturated carbocycles. The van der Waals surface area contributed by atoms with Crippen molar-refractivity contribution in [2.45, 2.75) is 46.1 Å². The summed E-state index contributed by atoms with van der Waals surface area (Å²) in [5.74, 6) is 0.902. The van der Waals surface area contributed by atoms with Crippen LogP contribution in [0.15, 0.2) is 6.07 Å². The number of amides is 1. The Balaban J connectivity index is 1.64. The fourth-order valence-corrected chi connectivity index (χ4v) is 2.85. The summed E-state index contributed by atoms with van der Waals surface area (Å²) in [5.41, 5.74) is 1.94. The highest BCUT2D eigenvalue weighted by Crippen LogP contribution is 2.09. The van der Waals surface area contributed by atoms with Crippen molar-refractivity contribution in [3.8, 4) is 0 Å². The highest BCUT2D eigenvalue weighted by atomic mass is 16.5. The molecule has 6 nitrogen and oxygen atoms in total. The molecule has 1 saturated heterocycles. The molecule has 1 amide bonds. The summed E-state index contributed by atoms with van der Waals surface area (Å²) in [7, 11) is 0. The van der Waals surface area contributed by atoms with E-state index in [0.29, 0.717) is 25.4 Å². The second-order valence-electron chi connectivity index (χ2n) is 6.20. The molecule has 0 spiro atoms. The van der Waals surface area contributed by atoms with E-state index in [4.69, 9.17) is 4.74 Å². The number of carbonyl (C=O) groups excluding carboxylic acids is 1. The molecule has 0 bridgehead atoms. The van der Waals surface area contributed by atoms with Crippen LogP contribution in [0.3, 0.4) is 0 Å². The predicted octanol–water partition coefficient (Wildman–Crippen LogP) is 1.25. The van der Waals surface area contributed by atoms with Gasteiger partial charge in [-0.25, -0.2) is 9.97 Å². The summed E-state index contributed by atoms with van der Waals surface area (Å²) in [6.07, 6.45) is 2.12. The van der Waals surface area contributed by atoms with E-state index in [0.717, 1.165) is 49.9 Å². The predicted molar refractivity (Wildman–Crippen MR) is 89.3 cm³/mol. The van der Waals surface area contributed by atoms with E-state index >= 15 is 0 Å². The maximum absolute atomic E-state index is 12.0. The van der Waals surface area contributed by atoms with Crippen LogP contribution < -0.4 is 5.32 Å². The first-order chi connectivity index (χ1) is 11.0. The fraction of sp³-hybridized carbons (Fsp3) is 0.706. The van der Waals surface area contributed by atoms with Gasteiger partial charge in [0.25, 0.3) is 0 Å². The molecule has 2 rings (SSSR count). The van der Waals surface area contributed by atoms with Crippen LogP contribution in [-0.2, 0) is 16.0 Å². The Labute approximate surface area is 138 Å². The van der Waals surface area contributed by atoms with Crippen molar-refractivity contribution in [1.29, 1.82) is 0 Å². The molecule has 1 aromatic heterocycles. The van der Waals surface area contributed by atoms with E-state index in [1.807, 2.05) is 19.9 Å². The number of hydrogen-bond donors (Lipinski definition) is 1. The molecule has 23 heavy (non-hydrogen) atoms. The lowest BCUT2D eigenvalue weighted by molar-refractivity contribution is -0.121. The van der Waals surface area contributed by atoms with Crippen LogP contribution >= 0.6 is 0 Å². The van der Waals surface area contributed by atoms with E-state index in [-0.39, 0.29) is 5.91 Å². The minimum absolute atomic E-state index is 0.106. The summed E-state index contributed by atoms with van der Waals surface area (Å²) in [6.45, 7) is 10.2. The zero-order valence-electron chi connectivity index (χ0n) is 14.5. The summed E-state index contributed by atoms with van der Waals surface area (Å²) < 4.78 is 5.35. The number of hydrogen-bond acceptors (Lipinski definition) is 5. The number of morpholine rings is 1. The standard InChI is InChI=1S/C17H28N4O2/c1-13-12-14(2)20-16(19-13)6-7-18-17(22)5-4-15(3)21-8-10-23-11-9-21/h12,15H,4-11H2,1-3H3,(H,18,22). The maximum Gasteiger partial charge on any atom is 0.220 e. The average Bonchev–Trinajstić information content (AvgIpc) is 2.52. The molecule has 1 atom stereocenters. The van der Waals surface area contributed by atoms with Gasteiger partial charge in [0.2, 0.25) is 5.91 Å². The number of nitrogens with one attached hydrogen (secondary N) is 1. The molecule has 1 unspecified atom stereocenters. The van der Waals surface area contributed by atoms with Gasteiger partial charge in [0, 0.05) is 49.9 Å². The summed E-state index contributed by atoms with van der Waals surface area (Å²) in [4.78, 5) is 23.1. The van der Waals surface area contributed by atoms with Gasteiger partial charge in [-0.2, -0.15) is 0 Å². The molecule has 0 radical (unpaired) electrons. The van der Waals surface area contributed by atoms with Crippen molar-refractivity contribution in [1.82, 2.24) is 20.2 Å². The molecule has 1 aliphatic heterocycles. The Morgan fingerprint density at radius 1 is 1.30 bits per heavy atom. The SMILES string of the molecule is Cc1cc(C)nc(CCNC(=O)CCC(C)N2CCOCC2)n1. The first-order valence-electron chi connectivity index (χ1n) is 8.44. The van der Waals surface area contributed by atoms with Gasteiger partial charge in [-0.3, -0.25) is 9.69 Å². The highest BCUT2D eigenvalue weighted by Gasteiger charge is 2.17. The van der Waals surface area contributed by atoms with Crippen LogP contribution in [0.25, 0.3) is 0 Å². The Morgan fingerprint density at radius 3 is 2.61 bits per heavy atom. The Bertz CT molecular complexity index is 495. The first kappa shape index (κ1) is 17.8. The lowest BCUT2D eigenvalue weighted by atomic mass is 10.1. The zero-order chi connectivity index (χ0) is 16.7. The fourth-order valence-electron chi connectivity index (χ4n) is 2.85. The molecule has 0 aliphatic carbocycles. The van der Waals surface area contributed by atoms with Gasteiger partial charge < -0.3 is 10.1 Å². The molecule has 1 aromatic rings. The van der Waals surface area contributed by atoms with Crippen LogP contribution in [0.2, 0.25) is 0 Å². The summed E-state index contributed by atoms with van der Waals surface area (Å²) >= 11 is 0. The van der Waals surface area contributed by atoms with Crippen molar-refractivity contribution in [2.75, 3.05) is 32.8 Å². The third-order valence-electron chi connectivity index (χ3n) is 4.16. The maximum atomic E-state index is 12.0. The van der Waals surface area contributed by atoms with E-state index in [9.17, 15) is 4.79 Å². The lowest BCUT2D eigenvalue weighted by Crippen LogP contribution is -2.42. The van der Waals surface area contributed by atoms with E-state index in [1.54, 1.807) is 0 Å². The van der Waals surface area contributed by atoms with Crippen LogP contribution in [-0.4, -0.2) is 59.7 Å². The molecular weight excluding hydrogens is 292 g/mol. The van der Waals surface area contributed by atoms with Crippen LogP contribution in [0, 0.1) is 13.8 Å². The third kappa shape index (κ3) is 6.23. The average molecular weight is 320 g/mol. The van der Waals surface area contributed by atoms with Crippen LogP contribution in [0.4, 0.5) is 0 Å². The van der Waals surface area contributed by atoms with Gasteiger partial charge in [0.15, 0.2) is 0 Å². The van der Waals surface area contributed by atoms with Crippen LogP contribution in [0.5, 0.6) is 0 Å². The van der Waals surface area contributed by atoms with Crippen molar-refractivity contribution < 1.29 is 9.53 Å². The van der Waals surface area contributed by atoms with E-state index in [1.165, 1.54) is 0 Å². The zero-order valence-corrected chi connectivity index (χ0v) is 14.5. The smallest absolute Gasteiger partial charge is 0.220 e. The molecule has 1 aliphatic rings. The van der Waals surface area contributed by atoms with Gasteiger partial charge >= 0.3 is 0 Å². The Kier molecular flexibility index (Phi) is 6.92. The van der Waals surface area contributed by atoms with Crippen molar-refractivity contribution in [2.24, 2.45) is 0 Å². The molecule has 0 aromatic carbocycles. The molecule has 1 N–H and O–H groups in total. The molecule has 6 heteroatoms. The summed E-state index contributed by atoms with van der Waals surface area (Å²) in [6, 6.07) is 2.38. The Hall–Kier alpha value is -1.53. The largest absolute Gasteiger partial charge is 0.379 e. The normalized spacial score (nSPS) is 17.0. The summed E-state index contributed by atoms with van der Waals surface area (Å²) in [5, 5.41) is 2.97. The number of aromatic nitrogens is 2. The highest BCUT2D eigenvalue weighted by molar-refractivity contribution is 5.75. The number of rotatable bonds is 7. The minimum atomic E-state index is 0.106. The van der Waals surface area contributed by atoms with Gasteiger partial charge in [0.1, 0.15) is 5.82 Å². The van der Waals surface area contributed by atoms with Gasteiger partial charge in [-0.15, -0.1) is 0 Å². The van der Waals surface area contributed by atoms with Crippen molar-refractivity contribution in [3.05, 3.63) is 23.3 Å². The number of nitrogens with zero attached hydrogens (tertiary/aromatic N) is 3. The third-order valence-corrected chi connectivity index (χ3v) is 4.16. The second kappa shape index (κ2) is 8.93. The van der Waals surface area contributed by atoms with E-state index in [2.05, 4.69) is 27.1 Å². The van der Waals surface area contributed by atoms with Crippen LogP contribution in [0.1, 0.15) is 37.0 Å². The van der Waals surface area contributed by atoms with Crippen molar-refractivity contribution in [3.63, 3.8) is 0 Å².